The predicted molar refractivity (Wildman–Crippen MR) is 50.1 cm³/mol. The van der Waals surface area contributed by atoms with E-state index in [0.717, 1.165) is 12.8 Å². The number of carbonyl (C=O) groups is 1. The summed E-state index contributed by atoms with van der Waals surface area (Å²) in [5.74, 6) is -0.405. The second-order valence-electron chi connectivity index (χ2n) is 2.71. The molecule has 0 aromatic heterocycles. The lowest BCUT2D eigenvalue weighted by atomic mass is 10.2. The molecule has 0 aromatic rings. The van der Waals surface area contributed by atoms with Crippen LogP contribution in [0.2, 0.25) is 0 Å². The highest BCUT2D eigenvalue weighted by molar-refractivity contribution is 5.81. The maximum absolute atomic E-state index is 10.6. The lowest BCUT2D eigenvalue weighted by Crippen LogP contribution is -2.22. The van der Waals surface area contributed by atoms with Gasteiger partial charge in [0.2, 0.25) is 0 Å². The van der Waals surface area contributed by atoms with E-state index in [1.54, 1.807) is 0 Å². The molecular formula is C9H17NO3. The van der Waals surface area contributed by atoms with E-state index >= 15 is 0 Å². The minimum Gasteiger partial charge on any atom is -0.466 e. The first-order valence-corrected chi connectivity index (χ1v) is 4.36. The summed E-state index contributed by atoms with van der Waals surface area (Å²) in [6, 6.07) is 0. The van der Waals surface area contributed by atoms with Gasteiger partial charge < -0.3 is 15.2 Å². The zero-order chi connectivity index (χ0) is 10.1. The van der Waals surface area contributed by atoms with Crippen LogP contribution in [0.3, 0.4) is 0 Å². The van der Waals surface area contributed by atoms with Crippen molar-refractivity contribution in [3.8, 4) is 0 Å². The minimum absolute atomic E-state index is 0.354. The average molecular weight is 187 g/mol. The zero-order valence-electron chi connectivity index (χ0n) is 8.12. The molecule has 0 aliphatic heterocycles. The predicted octanol–water partition coefficient (Wildman–Crippen LogP) is 0.424. The Bertz CT molecular complexity index is 168. The van der Waals surface area contributed by atoms with Gasteiger partial charge in [-0.25, -0.2) is 4.79 Å². The molecule has 0 saturated heterocycles. The van der Waals surface area contributed by atoms with Gasteiger partial charge in [-0.05, 0) is 6.42 Å². The summed E-state index contributed by atoms with van der Waals surface area (Å²) in [5.41, 5.74) is 0. The van der Waals surface area contributed by atoms with E-state index in [1.165, 1.54) is 19.4 Å². The number of hydrogen-bond donors (Lipinski definition) is 2. The Kier molecular flexibility index (Phi) is 7.01. The van der Waals surface area contributed by atoms with E-state index in [4.69, 9.17) is 0 Å². The SMILES string of the molecule is CCCC(O)CN/C=C/C(=O)OC. The quantitative estimate of drug-likeness (QED) is 0.467. The van der Waals surface area contributed by atoms with Crippen molar-refractivity contribution in [3.63, 3.8) is 0 Å². The smallest absolute Gasteiger partial charge is 0.331 e. The van der Waals surface area contributed by atoms with Crippen molar-refractivity contribution < 1.29 is 14.6 Å². The van der Waals surface area contributed by atoms with Crippen molar-refractivity contribution in [2.75, 3.05) is 13.7 Å². The fourth-order valence-corrected chi connectivity index (χ4v) is 0.834. The maximum atomic E-state index is 10.6. The molecule has 0 aromatic carbocycles. The second-order valence-corrected chi connectivity index (χ2v) is 2.71. The van der Waals surface area contributed by atoms with Crippen LogP contribution in [0.25, 0.3) is 0 Å². The van der Waals surface area contributed by atoms with Crippen LogP contribution in [0.4, 0.5) is 0 Å². The molecule has 0 amide bonds. The van der Waals surface area contributed by atoms with Crippen LogP contribution in [-0.2, 0) is 9.53 Å². The van der Waals surface area contributed by atoms with Crippen LogP contribution in [-0.4, -0.2) is 30.8 Å². The molecule has 1 unspecified atom stereocenters. The van der Waals surface area contributed by atoms with Crippen LogP contribution in [0.5, 0.6) is 0 Å². The van der Waals surface area contributed by atoms with Gasteiger partial charge in [0.15, 0.2) is 0 Å². The third-order valence-electron chi connectivity index (χ3n) is 1.51. The first-order chi connectivity index (χ1) is 6.20. The Morgan fingerprint density at radius 1 is 1.69 bits per heavy atom. The summed E-state index contributed by atoms with van der Waals surface area (Å²) in [6.07, 6.45) is 4.11. The first kappa shape index (κ1) is 12.0. The highest BCUT2D eigenvalue weighted by Crippen LogP contribution is 1.93. The van der Waals surface area contributed by atoms with E-state index in [0.29, 0.717) is 6.54 Å². The van der Waals surface area contributed by atoms with Crippen molar-refractivity contribution in [2.24, 2.45) is 0 Å². The van der Waals surface area contributed by atoms with Gasteiger partial charge in [-0.3, -0.25) is 0 Å². The highest BCUT2D eigenvalue weighted by Gasteiger charge is 1.99. The minimum atomic E-state index is -0.405. The molecule has 2 N–H and O–H groups in total. The normalized spacial score (nSPS) is 12.8. The summed E-state index contributed by atoms with van der Waals surface area (Å²) in [6.45, 7) is 2.47. The maximum Gasteiger partial charge on any atom is 0.331 e. The number of methoxy groups -OCH3 is 1. The Labute approximate surface area is 78.6 Å². The number of rotatable bonds is 6. The van der Waals surface area contributed by atoms with E-state index in [2.05, 4.69) is 10.1 Å². The molecule has 0 bridgehead atoms. The van der Waals surface area contributed by atoms with Gasteiger partial charge in [0, 0.05) is 18.8 Å². The number of nitrogens with one attached hydrogen (secondary N) is 1. The number of esters is 1. The summed E-state index contributed by atoms with van der Waals surface area (Å²) >= 11 is 0. The van der Waals surface area contributed by atoms with E-state index in [1.807, 2.05) is 6.92 Å². The van der Waals surface area contributed by atoms with Gasteiger partial charge in [0.05, 0.1) is 13.2 Å². The summed E-state index contributed by atoms with van der Waals surface area (Å²) in [7, 11) is 1.32. The molecule has 4 heteroatoms. The molecule has 1 atom stereocenters. The van der Waals surface area contributed by atoms with Crippen molar-refractivity contribution in [2.45, 2.75) is 25.9 Å². The lowest BCUT2D eigenvalue weighted by Gasteiger charge is -2.07. The van der Waals surface area contributed by atoms with E-state index in [-0.39, 0.29) is 6.10 Å². The molecule has 13 heavy (non-hydrogen) atoms. The highest BCUT2D eigenvalue weighted by atomic mass is 16.5. The molecule has 0 fully saturated rings. The molecule has 0 saturated carbocycles. The van der Waals surface area contributed by atoms with Crippen LogP contribution >= 0.6 is 0 Å². The number of aliphatic hydroxyl groups is 1. The van der Waals surface area contributed by atoms with Crippen molar-refractivity contribution in [3.05, 3.63) is 12.3 Å². The van der Waals surface area contributed by atoms with Crippen molar-refractivity contribution in [1.82, 2.24) is 5.32 Å². The van der Waals surface area contributed by atoms with Gasteiger partial charge in [0.25, 0.3) is 0 Å². The molecular weight excluding hydrogens is 170 g/mol. The zero-order valence-corrected chi connectivity index (χ0v) is 8.12. The molecule has 0 radical (unpaired) electrons. The molecule has 0 rings (SSSR count). The van der Waals surface area contributed by atoms with Crippen molar-refractivity contribution in [1.29, 1.82) is 0 Å². The lowest BCUT2D eigenvalue weighted by molar-refractivity contribution is -0.134. The van der Waals surface area contributed by atoms with Gasteiger partial charge in [-0.1, -0.05) is 13.3 Å². The molecule has 0 spiro atoms. The van der Waals surface area contributed by atoms with Crippen LogP contribution in [0.1, 0.15) is 19.8 Å². The number of ether oxygens (including phenoxy) is 1. The molecule has 4 nitrogen and oxygen atoms in total. The number of aliphatic hydroxyl groups excluding tert-OH is 1. The monoisotopic (exact) mass is 187 g/mol. The second kappa shape index (κ2) is 7.61. The summed E-state index contributed by atoms with van der Waals surface area (Å²) in [5, 5.41) is 12.1. The largest absolute Gasteiger partial charge is 0.466 e. The van der Waals surface area contributed by atoms with Gasteiger partial charge in [-0.2, -0.15) is 0 Å². The Balaban J connectivity index is 3.43. The third kappa shape index (κ3) is 7.33. The third-order valence-corrected chi connectivity index (χ3v) is 1.51. The summed E-state index contributed by atoms with van der Waals surface area (Å²) in [4.78, 5) is 10.6. The molecule has 76 valence electrons. The first-order valence-electron chi connectivity index (χ1n) is 4.36. The van der Waals surface area contributed by atoms with E-state index in [9.17, 15) is 9.90 Å². The standard InChI is InChI=1S/C9H17NO3/c1-3-4-8(11)7-10-6-5-9(12)13-2/h5-6,8,10-11H,3-4,7H2,1-2H3/b6-5+. The average Bonchev–Trinajstić information content (AvgIpc) is 2.12. The fraction of sp³-hybridized carbons (Fsp3) is 0.667. The van der Waals surface area contributed by atoms with Gasteiger partial charge >= 0.3 is 5.97 Å². The summed E-state index contributed by atoms with van der Waals surface area (Å²) < 4.78 is 4.38. The Hall–Kier alpha value is -1.03. The van der Waals surface area contributed by atoms with Gasteiger partial charge in [0.1, 0.15) is 0 Å². The molecule has 0 aliphatic rings. The topological polar surface area (TPSA) is 58.6 Å². The molecule has 0 aliphatic carbocycles. The fourth-order valence-electron chi connectivity index (χ4n) is 0.834. The van der Waals surface area contributed by atoms with E-state index < -0.39 is 5.97 Å². The molecule has 0 heterocycles. The van der Waals surface area contributed by atoms with Crippen LogP contribution < -0.4 is 5.32 Å². The van der Waals surface area contributed by atoms with Crippen molar-refractivity contribution >= 4 is 5.97 Å². The van der Waals surface area contributed by atoms with Crippen LogP contribution in [0, 0.1) is 0 Å². The number of carbonyl (C=O) groups excluding carboxylic acids is 1. The van der Waals surface area contributed by atoms with Gasteiger partial charge in [-0.15, -0.1) is 0 Å². The Morgan fingerprint density at radius 2 is 2.38 bits per heavy atom. The Morgan fingerprint density at radius 3 is 2.92 bits per heavy atom. The number of hydrogen-bond acceptors (Lipinski definition) is 4. The van der Waals surface area contributed by atoms with Crippen LogP contribution in [0.15, 0.2) is 12.3 Å².